The van der Waals surface area contributed by atoms with Crippen LogP contribution in [0.25, 0.3) is 11.3 Å². The van der Waals surface area contributed by atoms with Crippen LogP contribution in [0.3, 0.4) is 0 Å². The van der Waals surface area contributed by atoms with E-state index in [-0.39, 0.29) is 5.95 Å². The summed E-state index contributed by atoms with van der Waals surface area (Å²) in [5.74, 6) is -0.614. The molecule has 3 N–H and O–H groups in total. The van der Waals surface area contributed by atoms with Gasteiger partial charge in [-0.25, -0.2) is 28.5 Å². The number of carbonyl (C=O) groups is 1. The second-order valence-electron chi connectivity index (χ2n) is 7.62. The zero-order valence-electron chi connectivity index (χ0n) is 18.3. The van der Waals surface area contributed by atoms with Gasteiger partial charge in [0.2, 0.25) is 11.9 Å². The Morgan fingerprint density at radius 2 is 1.83 bits per heavy atom. The van der Waals surface area contributed by atoms with Gasteiger partial charge in [0.15, 0.2) is 18.0 Å². The van der Waals surface area contributed by atoms with Gasteiger partial charge in [-0.3, -0.25) is 9.62 Å². The van der Waals surface area contributed by atoms with Crippen molar-refractivity contribution in [3.8, 4) is 11.3 Å². The smallest absolute Gasteiger partial charge is 0.378 e. The lowest BCUT2D eigenvalue weighted by Crippen LogP contribution is -2.37. The zero-order valence-corrected chi connectivity index (χ0v) is 19.1. The first kappa shape index (κ1) is 23.0. The molecule has 2 aliphatic rings. The number of nitrogens with zero attached hydrogens (tertiary/aromatic N) is 6. The molecule has 2 aliphatic heterocycles. The van der Waals surface area contributed by atoms with Gasteiger partial charge in [-0.15, -0.1) is 0 Å². The minimum absolute atomic E-state index is 0.149. The Kier molecular flexibility index (Phi) is 6.46. The minimum Gasteiger partial charge on any atom is -0.378 e. The molecule has 0 radical (unpaired) electrons. The molecular formula is C21H20F2N8O3S. The lowest BCUT2D eigenvalue weighted by atomic mass is 10.1. The molecular weight excluding hydrogens is 482 g/mol. The van der Waals surface area contributed by atoms with E-state index < -0.39 is 23.4 Å². The van der Waals surface area contributed by atoms with Crippen LogP contribution in [-0.2, 0) is 15.3 Å². The summed E-state index contributed by atoms with van der Waals surface area (Å²) < 4.78 is 39.9. The number of nitrogens with two attached hydrogens (primary N) is 1. The predicted octanol–water partition coefficient (Wildman–Crippen LogP) is 2.80. The molecule has 0 unspecified atom stereocenters. The summed E-state index contributed by atoms with van der Waals surface area (Å²) in [7, 11) is 0. The molecule has 5 rings (SSSR count). The standard InChI is InChI=1S/C21H20F2N8O3S/c22-14-2-1-3-15(23)17(14)28-21(32)34-35-31-5-4-13-16(12-10-25-19(24)26-11-12)27-20(29-18(13)31)30-6-8-33-9-7-30/h1-3,10-11H,4-9H2,(H,28,32)(H2,24,25,26). The third-order valence-electron chi connectivity index (χ3n) is 5.41. The highest BCUT2D eigenvalue weighted by Gasteiger charge is 2.30. The van der Waals surface area contributed by atoms with Gasteiger partial charge < -0.3 is 19.6 Å². The molecule has 182 valence electrons. The summed E-state index contributed by atoms with van der Waals surface area (Å²) in [4.78, 5) is 31.9. The molecule has 1 saturated heterocycles. The zero-order chi connectivity index (χ0) is 24.4. The Morgan fingerprint density at radius 1 is 1.11 bits per heavy atom. The summed E-state index contributed by atoms with van der Waals surface area (Å²) in [6, 6.07) is 3.27. The first-order valence-corrected chi connectivity index (χ1v) is 11.4. The van der Waals surface area contributed by atoms with Crippen molar-refractivity contribution >= 4 is 41.7 Å². The summed E-state index contributed by atoms with van der Waals surface area (Å²) in [5.41, 5.74) is 7.21. The number of anilines is 4. The fraction of sp³-hybridized carbons (Fsp3) is 0.286. The van der Waals surface area contributed by atoms with E-state index in [9.17, 15) is 13.6 Å². The molecule has 3 aromatic rings. The third-order valence-corrected chi connectivity index (χ3v) is 6.17. The van der Waals surface area contributed by atoms with Crippen LogP contribution < -0.4 is 20.3 Å². The Morgan fingerprint density at radius 3 is 2.54 bits per heavy atom. The number of halogens is 2. The quantitative estimate of drug-likeness (QED) is 0.394. The van der Waals surface area contributed by atoms with Gasteiger partial charge in [0.25, 0.3) is 0 Å². The number of aromatic nitrogens is 4. The van der Waals surface area contributed by atoms with E-state index in [1.165, 1.54) is 6.07 Å². The average Bonchev–Trinajstić information content (AvgIpc) is 3.28. The molecule has 0 bridgehead atoms. The number of morpholine rings is 1. The van der Waals surface area contributed by atoms with E-state index in [1.54, 1.807) is 16.7 Å². The number of amides is 1. The largest absolute Gasteiger partial charge is 0.425 e. The van der Waals surface area contributed by atoms with Crippen LogP contribution in [0.5, 0.6) is 0 Å². The highest BCUT2D eigenvalue weighted by molar-refractivity contribution is 7.96. The molecule has 11 nitrogen and oxygen atoms in total. The van der Waals surface area contributed by atoms with E-state index in [4.69, 9.17) is 24.6 Å². The Hall–Kier alpha value is -3.78. The van der Waals surface area contributed by atoms with Gasteiger partial charge >= 0.3 is 6.09 Å². The number of carbonyl (C=O) groups excluding carboxylic acids is 1. The summed E-state index contributed by atoms with van der Waals surface area (Å²) in [5, 5.41) is 2.09. The Bertz CT molecular complexity index is 1220. The number of benzene rings is 1. The fourth-order valence-electron chi connectivity index (χ4n) is 3.71. The van der Waals surface area contributed by atoms with Crippen molar-refractivity contribution in [2.24, 2.45) is 0 Å². The lowest BCUT2D eigenvalue weighted by Gasteiger charge is -2.28. The number of hydrogen-bond donors (Lipinski definition) is 2. The van der Waals surface area contributed by atoms with Gasteiger partial charge in [0.1, 0.15) is 17.3 Å². The maximum atomic E-state index is 13.8. The normalized spacial score (nSPS) is 15.1. The molecule has 0 atom stereocenters. The van der Waals surface area contributed by atoms with Crippen molar-refractivity contribution < 1.29 is 22.5 Å². The molecule has 1 amide bonds. The number of nitrogen functional groups attached to an aromatic ring is 1. The fourth-order valence-corrected chi connectivity index (χ4v) is 4.30. The number of ether oxygens (including phenoxy) is 1. The molecule has 1 fully saturated rings. The van der Waals surface area contributed by atoms with E-state index in [0.717, 1.165) is 29.9 Å². The highest BCUT2D eigenvalue weighted by atomic mass is 32.2. The van der Waals surface area contributed by atoms with E-state index in [1.807, 2.05) is 4.90 Å². The van der Waals surface area contributed by atoms with Gasteiger partial charge in [0.05, 0.1) is 18.9 Å². The number of nitrogens with one attached hydrogen (secondary N) is 1. The summed E-state index contributed by atoms with van der Waals surface area (Å²) in [6.07, 6.45) is 2.73. The van der Waals surface area contributed by atoms with Crippen molar-refractivity contribution in [2.75, 3.05) is 53.1 Å². The van der Waals surface area contributed by atoms with Gasteiger partial charge in [-0.05, 0) is 18.6 Å². The third kappa shape index (κ3) is 4.88. The van der Waals surface area contributed by atoms with Crippen molar-refractivity contribution in [1.82, 2.24) is 19.9 Å². The predicted molar refractivity (Wildman–Crippen MR) is 126 cm³/mol. The average molecular weight is 503 g/mol. The summed E-state index contributed by atoms with van der Waals surface area (Å²) >= 11 is 0.719. The van der Waals surface area contributed by atoms with Crippen molar-refractivity contribution in [1.29, 1.82) is 0 Å². The van der Waals surface area contributed by atoms with E-state index in [0.29, 0.717) is 62.3 Å². The van der Waals surface area contributed by atoms with E-state index in [2.05, 4.69) is 15.3 Å². The van der Waals surface area contributed by atoms with Crippen LogP contribution in [0.15, 0.2) is 30.6 Å². The van der Waals surface area contributed by atoms with Crippen LogP contribution in [0.4, 0.5) is 37.0 Å². The summed E-state index contributed by atoms with van der Waals surface area (Å²) in [6.45, 7) is 2.81. The molecule has 35 heavy (non-hydrogen) atoms. The highest BCUT2D eigenvalue weighted by Crippen LogP contribution is 2.38. The lowest BCUT2D eigenvalue weighted by molar-refractivity contribution is 0.122. The van der Waals surface area contributed by atoms with Crippen LogP contribution in [-0.4, -0.2) is 58.9 Å². The maximum Gasteiger partial charge on any atom is 0.425 e. The van der Waals surface area contributed by atoms with Crippen molar-refractivity contribution in [3.05, 3.63) is 47.8 Å². The number of hydrogen-bond acceptors (Lipinski definition) is 11. The SMILES string of the molecule is Nc1ncc(-c2nc(N3CCOCC3)nc3c2CCN3SOC(=O)Nc2c(F)cccc2F)cn1. The van der Waals surface area contributed by atoms with Crippen LogP contribution >= 0.6 is 12.2 Å². The minimum atomic E-state index is -1.03. The molecule has 0 spiro atoms. The second kappa shape index (κ2) is 9.84. The molecule has 0 saturated carbocycles. The number of fused-ring (bicyclic) bond motifs is 1. The second-order valence-corrected chi connectivity index (χ2v) is 8.38. The van der Waals surface area contributed by atoms with Crippen LogP contribution in [0.1, 0.15) is 5.56 Å². The Balaban J connectivity index is 1.39. The molecule has 1 aromatic carbocycles. The number of para-hydroxylation sites is 1. The van der Waals surface area contributed by atoms with E-state index >= 15 is 0 Å². The molecule has 4 heterocycles. The van der Waals surface area contributed by atoms with Gasteiger partial charge in [0, 0.05) is 43.2 Å². The number of rotatable bonds is 5. The molecule has 2 aromatic heterocycles. The van der Waals surface area contributed by atoms with Crippen LogP contribution in [0, 0.1) is 11.6 Å². The van der Waals surface area contributed by atoms with Gasteiger partial charge in [-0.1, -0.05) is 6.07 Å². The first-order valence-electron chi connectivity index (χ1n) is 10.7. The first-order chi connectivity index (χ1) is 17.0. The molecule has 0 aliphatic carbocycles. The maximum absolute atomic E-state index is 13.8. The topological polar surface area (TPSA) is 132 Å². The Labute approximate surface area is 203 Å². The molecule has 14 heteroatoms. The van der Waals surface area contributed by atoms with Crippen molar-refractivity contribution in [2.45, 2.75) is 6.42 Å². The monoisotopic (exact) mass is 502 g/mol. The van der Waals surface area contributed by atoms with Gasteiger partial charge in [-0.2, -0.15) is 4.98 Å². The van der Waals surface area contributed by atoms with Crippen LogP contribution in [0.2, 0.25) is 0 Å². The van der Waals surface area contributed by atoms with Crippen molar-refractivity contribution in [3.63, 3.8) is 0 Å².